The third-order valence-electron chi connectivity index (χ3n) is 3.08. The molecule has 0 radical (unpaired) electrons. The highest BCUT2D eigenvalue weighted by atomic mass is 16.5. The molecule has 4 nitrogen and oxygen atoms in total. The molecule has 0 heterocycles. The number of aliphatic hydroxyl groups is 1. The molecule has 0 fully saturated rings. The van der Waals surface area contributed by atoms with Crippen LogP contribution in [0.15, 0.2) is 54.6 Å². The normalized spacial score (nSPS) is 11.7. The van der Waals surface area contributed by atoms with E-state index in [9.17, 15) is 9.90 Å². The quantitative estimate of drug-likeness (QED) is 0.857. The first-order valence-corrected chi connectivity index (χ1v) is 6.94. The molecule has 2 N–H and O–H groups in total. The van der Waals surface area contributed by atoms with Crippen molar-refractivity contribution in [3.8, 4) is 5.75 Å². The minimum Gasteiger partial charge on any atom is -0.484 e. The molecule has 2 aromatic carbocycles. The lowest BCUT2D eigenvalue weighted by Gasteiger charge is -2.10. The molecule has 110 valence electrons. The summed E-state index contributed by atoms with van der Waals surface area (Å²) < 4.78 is 5.41. The largest absolute Gasteiger partial charge is 0.484 e. The summed E-state index contributed by atoms with van der Waals surface area (Å²) >= 11 is 0. The van der Waals surface area contributed by atoms with E-state index < -0.39 is 6.10 Å². The first-order chi connectivity index (χ1) is 10.2. The SMILES string of the molecule is CC[C@H](O)c1ccc(OCC(=O)Nc2ccccc2)cc1. The zero-order valence-corrected chi connectivity index (χ0v) is 12.0. The molecular weight excluding hydrogens is 266 g/mol. The van der Waals surface area contributed by atoms with Crippen LogP contribution in [0.25, 0.3) is 0 Å². The fourth-order valence-corrected chi connectivity index (χ4v) is 1.89. The maximum absolute atomic E-state index is 11.7. The Balaban J connectivity index is 1.84. The Morgan fingerprint density at radius 3 is 2.43 bits per heavy atom. The van der Waals surface area contributed by atoms with E-state index in [2.05, 4.69) is 5.32 Å². The number of nitrogens with one attached hydrogen (secondary N) is 1. The highest BCUT2D eigenvalue weighted by Gasteiger charge is 2.06. The Kier molecular flexibility index (Phi) is 5.35. The minimum atomic E-state index is -0.458. The van der Waals surface area contributed by atoms with Crippen molar-refractivity contribution < 1.29 is 14.6 Å². The second-order valence-corrected chi connectivity index (χ2v) is 4.70. The van der Waals surface area contributed by atoms with Gasteiger partial charge in [-0.1, -0.05) is 37.3 Å². The molecule has 0 aliphatic heterocycles. The van der Waals surface area contributed by atoms with Crippen molar-refractivity contribution >= 4 is 11.6 Å². The van der Waals surface area contributed by atoms with Crippen LogP contribution >= 0.6 is 0 Å². The molecule has 0 bridgehead atoms. The van der Waals surface area contributed by atoms with Gasteiger partial charge in [0, 0.05) is 5.69 Å². The Morgan fingerprint density at radius 2 is 1.81 bits per heavy atom. The van der Waals surface area contributed by atoms with Gasteiger partial charge < -0.3 is 15.2 Å². The summed E-state index contributed by atoms with van der Waals surface area (Å²) in [5.74, 6) is 0.393. The summed E-state index contributed by atoms with van der Waals surface area (Å²) in [6, 6.07) is 16.4. The molecule has 21 heavy (non-hydrogen) atoms. The first-order valence-electron chi connectivity index (χ1n) is 6.94. The highest BCUT2D eigenvalue weighted by Crippen LogP contribution is 2.19. The summed E-state index contributed by atoms with van der Waals surface area (Å²) in [5.41, 5.74) is 1.59. The molecule has 0 saturated carbocycles. The molecule has 0 spiro atoms. The van der Waals surface area contributed by atoms with Crippen molar-refractivity contribution in [1.82, 2.24) is 0 Å². The van der Waals surface area contributed by atoms with E-state index in [1.807, 2.05) is 37.3 Å². The molecule has 1 amide bonds. The lowest BCUT2D eigenvalue weighted by molar-refractivity contribution is -0.118. The molecule has 0 saturated heterocycles. The van der Waals surface area contributed by atoms with Crippen LogP contribution in [0, 0.1) is 0 Å². The topological polar surface area (TPSA) is 58.6 Å². The predicted octanol–water partition coefficient (Wildman–Crippen LogP) is 3.15. The molecular formula is C17H19NO3. The minimum absolute atomic E-state index is 0.0510. The monoisotopic (exact) mass is 285 g/mol. The number of hydrogen-bond donors (Lipinski definition) is 2. The van der Waals surface area contributed by atoms with E-state index in [0.717, 1.165) is 11.3 Å². The maximum Gasteiger partial charge on any atom is 0.262 e. The predicted molar refractivity (Wildman–Crippen MR) is 82.3 cm³/mol. The zero-order valence-electron chi connectivity index (χ0n) is 12.0. The summed E-state index contributed by atoms with van der Waals surface area (Å²) in [4.78, 5) is 11.7. The number of aliphatic hydroxyl groups excluding tert-OH is 1. The van der Waals surface area contributed by atoms with Crippen LogP contribution in [-0.2, 0) is 4.79 Å². The van der Waals surface area contributed by atoms with E-state index in [0.29, 0.717) is 12.2 Å². The summed E-state index contributed by atoms with van der Waals surface area (Å²) in [6.45, 7) is 1.87. The molecule has 1 atom stereocenters. The van der Waals surface area contributed by atoms with E-state index in [1.165, 1.54) is 0 Å². The van der Waals surface area contributed by atoms with Crippen LogP contribution in [0.2, 0.25) is 0 Å². The highest BCUT2D eigenvalue weighted by molar-refractivity contribution is 5.91. The fraction of sp³-hybridized carbons (Fsp3) is 0.235. The number of carbonyl (C=O) groups excluding carboxylic acids is 1. The van der Waals surface area contributed by atoms with Crippen molar-refractivity contribution in [3.05, 3.63) is 60.2 Å². The van der Waals surface area contributed by atoms with Gasteiger partial charge in [0.15, 0.2) is 6.61 Å². The van der Waals surface area contributed by atoms with E-state index in [4.69, 9.17) is 4.74 Å². The number of ether oxygens (including phenoxy) is 1. The smallest absolute Gasteiger partial charge is 0.262 e. The van der Waals surface area contributed by atoms with Gasteiger partial charge in [-0.25, -0.2) is 0 Å². The van der Waals surface area contributed by atoms with Gasteiger partial charge in [-0.2, -0.15) is 0 Å². The Morgan fingerprint density at radius 1 is 1.14 bits per heavy atom. The van der Waals surface area contributed by atoms with Crippen LogP contribution < -0.4 is 10.1 Å². The van der Waals surface area contributed by atoms with Crippen LogP contribution in [0.5, 0.6) is 5.75 Å². The van der Waals surface area contributed by atoms with Crippen molar-refractivity contribution in [2.45, 2.75) is 19.4 Å². The maximum atomic E-state index is 11.7. The number of anilines is 1. The van der Waals surface area contributed by atoms with E-state index in [1.54, 1.807) is 24.3 Å². The van der Waals surface area contributed by atoms with Gasteiger partial charge in [0.1, 0.15) is 5.75 Å². The van der Waals surface area contributed by atoms with Gasteiger partial charge >= 0.3 is 0 Å². The van der Waals surface area contributed by atoms with Crippen molar-refractivity contribution in [3.63, 3.8) is 0 Å². The van der Waals surface area contributed by atoms with Gasteiger partial charge in [0.2, 0.25) is 0 Å². The standard InChI is InChI=1S/C17H19NO3/c1-2-16(19)13-8-10-15(11-9-13)21-12-17(20)18-14-6-4-3-5-7-14/h3-11,16,19H,2,12H2,1H3,(H,18,20)/t16-/m0/s1. The summed E-state index contributed by atoms with van der Waals surface area (Å²) in [5, 5.41) is 12.4. The number of rotatable bonds is 6. The molecule has 0 aliphatic rings. The molecule has 0 aliphatic carbocycles. The number of benzene rings is 2. The van der Waals surface area contributed by atoms with E-state index >= 15 is 0 Å². The molecule has 0 aromatic heterocycles. The van der Waals surface area contributed by atoms with Crippen molar-refractivity contribution in [1.29, 1.82) is 0 Å². The lowest BCUT2D eigenvalue weighted by atomic mass is 10.1. The van der Waals surface area contributed by atoms with Crippen molar-refractivity contribution in [2.24, 2.45) is 0 Å². The molecule has 0 unspecified atom stereocenters. The molecule has 4 heteroatoms. The zero-order chi connectivity index (χ0) is 15.1. The Hall–Kier alpha value is -2.33. The second kappa shape index (κ2) is 7.45. The van der Waals surface area contributed by atoms with Gasteiger partial charge in [0.25, 0.3) is 5.91 Å². The number of amides is 1. The van der Waals surface area contributed by atoms with Gasteiger partial charge in [-0.3, -0.25) is 4.79 Å². The number of hydrogen-bond acceptors (Lipinski definition) is 3. The summed E-state index contributed by atoms with van der Waals surface area (Å²) in [6.07, 6.45) is 0.208. The Bertz CT molecular complexity index is 566. The van der Waals surface area contributed by atoms with Gasteiger partial charge in [0.05, 0.1) is 6.10 Å². The number of para-hydroxylation sites is 1. The van der Waals surface area contributed by atoms with Crippen molar-refractivity contribution in [2.75, 3.05) is 11.9 Å². The Labute approximate surface area is 124 Å². The first kappa shape index (κ1) is 15.1. The number of carbonyl (C=O) groups is 1. The summed E-state index contributed by atoms with van der Waals surface area (Å²) in [7, 11) is 0. The fourth-order valence-electron chi connectivity index (χ4n) is 1.89. The van der Waals surface area contributed by atoms with Crippen LogP contribution in [-0.4, -0.2) is 17.6 Å². The molecule has 2 aromatic rings. The van der Waals surface area contributed by atoms with Gasteiger partial charge in [-0.05, 0) is 36.2 Å². The average Bonchev–Trinajstić information content (AvgIpc) is 2.53. The lowest BCUT2D eigenvalue weighted by Crippen LogP contribution is -2.20. The third-order valence-corrected chi connectivity index (χ3v) is 3.08. The van der Waals surface area contributed by atoms with Crippen LogP contribution in [0.3, 0.4) is 0 Å². The van der Waals surface area contributed by atoms with Crippen LogP contribution in [0.1, 0.15) is 25.0 Å². The molecule has 2 rings (SSSR count). The van der Waals surface area contributed by atoms with Gasteiger partial charge in [-0.15, -0.1) is 0 Å². The second-order valence-electron chi connectivity index (χ2n) is 4.70. The third kappa shape index (κ3) is 4.61. The van der Waals surface area contributed by atoms with Crippen LogP contribution in [0.4, 0.5) is 5.69 Å². The average molecular weight is 285 g/mol. The van der Waals surface area contributed by atoms with E-state index in [-0.39, 0.29) is 12.5 Å².